The molecule has 0 saturated carbocycles. The van der Waals surface area contributed by atoms with E-state index in [4.69, 9.17) is 11.2 Å². The summed E-state index contributed by atoms with van der Waals surface area (Å²) >= 11 is 0. The van der Waals surface area contributed by atoms with Crippen molar-refractivity contribution in [3.8, 4) is 12.3 Å². The lowest BCUT2D eigenvalue weighted by molar-refractivity contribution is 0.0196. The van der Waals surface area contributed by atoms with Crippen LogP contribution in [0.25, 0.3) is 0 Å². The van der Waals surface area contributed by atoms with Crippen LogP contribution in [0.5, 0.6) is 0 Å². The zero-order valence-electron chi connectivity index (χ0n) is 13.2. The maximum absolute atomic E-state index is 12.0. The van der Waals surface area contributed by atoms with Gasteiger partial charge in [0.2, 0.25) is 0 Å². The molecular formula is C16H28N2O2. The summed E-state index contributed by atoms with van der Waals surface area (Å²) in [6.45, 7) is 9.32. The lowest BCUT2D eigenvalue weighted by atomic mass is 10.0. The fourth-order valence-electron chi connectivity index (χ4n) is 2.35. The highest BCUT2D eigenvalue weighted by molar-refractivity contribution is 5.68. The Hall–Kier alpha value is -1.21. The van der Waals surface area contributed by atoms with Crippen LogP contribution in [0, 0.1) is 12.3 Å². The van der Waals surface area contributed by atoms with Crippen LogP contribution in [0.2, 0.25) is 0 Å². The van der Waals surface area contributed by atoms with Gasteiger partial charge in [0.05, 0.1) is 0 Å². The molecule has 0 bridgehead atoms. The molecule has 4 heteroatoms. The minimum Gasteiger partial charge on any atom is -0.444 e. The average molecular weight is 280 g/mol. The van der Waals surface area contributed by atoms with Crippen molar-refractivity contribution >= 4 is 6.09 Å². The quantitative estimate of drug-likeness (QED) is 0.805. The molecule has 20 heavy (non-hydrogen) atoms. The Balaban J connectivity index is 2.36. The Morgan fingerprint density at radius 1 is 1.45 bits per heavy atom. The monoisotopic (exact) mass is 280 g/mol. The van der Waals surface area contributed by atoms with E-state index in [2.05, 4.69) is 18.2 Å². The number of nitrogens with one attached hydrogen (secondary N) is 1. The van der Waals surface area contributed by atoms with Crippen LogP contribution in [-0.4, -0.2) is 41.8 Å². The van der Waals surface area contributed by atoms with Gasteiger partial charge >= 0.3 is 6.09 Å². The first-order valence-corrected chi connectivity index (χ1v) is 7.53. The van der Waals surface area contributed by atoms with Gasteiger partial charge in [0.15, 0.2) is 0 Å². The Bertz CT molecular complexity index is 346. The van der Waals surface area contributed by atoms with E-state index in [1.54, 1.807) is 4.90 Å². The largest absolute Gasteiger partial charge is 0.444 e. The Morgan fingerprint density at radius 2 is 2.05 bits per heavy atom. The third-order valence-corrected chi connectivity index (χ3v) is 3.48. The second kappa shape index (κ2) is 7.54. The Kier molecular flexibility index (Phi) is 6.35. The van der Waals surface area contributed by atoms with Crippen LogP contribution >= 0.6 is 0 Å². The fraction of sp³-hybridized carbons (Fsp3) is 0.812. The maximum atomic E-state index is 12.0. The Labute approximate surface area is 123 Å². The molecule has 1 fully saturated rings. The van der Waals surface area contributed by atoms with Crippen molar-refractivity contribution in [2.75, 3.05) is 13.1 Å². The van der Waals surface area contributed by atoms with E-state index in [-0.39, 0.29) is 6.09 Å². The summed E-state index contributed by atoms with van der Waals surface area (Å²) in [6.07, 6.45) is 8.89. The number of hydrogen-bond acceptors (Lipinski definition) is 3. The number of terminal acetylenes is 1. The fourth-order valence-corrected chi connectivity index (χ4v) is 2.35. The number of nitrogens with zero attached hydrogens (tertiary/aromatic N) is 1. The molecule has 114 valence electrons. The Morgan fingerprint density at radius 3 is 2.50 bits per heavy atom. The van der Waals surface area contributed by atoms with Gasteiger partial charge in [-0.15, -0.1) is 12.3 Å². The molecule has 1 amide bonds. The molecule has 1 aliphatic rings. The van der Waals surface area contributed by atoms with Crippen molar-refractivity contribution in [2.45, 2.75) is 71.1 Å². The number of rotatable bonds is 4. The lowest BCUT2D eigenvalue weighted by Gasteiger charge is -2.35. The van der Waals surface area contributed by atoms with Crippen LogP contribution in [0.4, 0.5) is 4.79 Å². The smallest absolute Gasteiger partial charge is 0.410 e. The van der Waals surface area contributed by atoms with Crippen molar-refractivity contribution in [2.24, 2.45) is 0 Å². The third-order valence-electron chi connectivity index (χ3n) is 3.48. The van der Waals surface area contributed by atoms with E-state index in [1.807, 2.05) is 20.8 Å². The van der Waals surface area contributed by atoms with Gasteiger partial charge in [-0.1, -0.05) is 6.92 Å². The van der Waals surface area contributed by atoms with Crippen LogP contribution < -0.4 is 5.32 Å². The average Bonchev–Trinajstić information content (AvgIpc) is 2.37. The highest BCUT2D eigenvalue weighted by atomic mass is 16.6. The number of amides is 1. The molecule has 1 N–H and O–H groups in total. The summed E-state index contributed by atoms with van der Waals surface area (Å²) in [5.74, 6) is 2.71. The van der Waals surface area contributed by atoms with E-state index >= 15 is 0 Å². The predicted molar refractivity (Wildman–Crippen MR) is 81.5 cm³/mol. The summed E-state index contributed by atoms with van der Waals surface area (Å²) in [5.41, 5.74) is -0.424. The molecule has 0 spiro atoms. The van der Waals surface area contributed by atoms with Gasteiger partial charge in [0, 0.05) is 31.6 Å². The molecule has 1 atom stereocenters. The van der Waals surface area contributed by atoms with Crippen molar-refractivity contribution in [3.05, 3.63) is 0 Å². The standard InChI is InChI=1S/C16H28N2O2/c1-6-8-13(7-2)17-14-9-11-18(12-10-14)15(19)20-16(3,4)5/h1,13-14,17H,7-12H2,2-5H3. The maximum Gasteiger partial charge on any atom is 0.410 e. The highest BCUT2D eigenvalue weighted by Crippen LogP contribution is 2.16. The minimum absolute atomic E-state index is 0.202. The SMILES string of the molecule is C#CCC(CC)NC1CCN(C(=O)OC(C)(C)C)CC1. The van der Waals surface area contributed by atoms with Gasteiger partial charge in [-0.2, -0.15) is 0 Å². The molecule has 0 aromatic heterocycles. The summed E-state index contributed by atoms with van der Waals surface area (Å²) in [4.78, 5) is 13.8. The third kappa shape index (κ3) is 5.83. The van der Waals surface area contributed by atoms with Crippen molar-refractivity contribution < 1.29 is 9.53 Å². The molecule has 1 heterocycles. The number of hydrogen-bond donors (Lipinski definition) is 1. The van der Waals surface area contributed by atoms with E-state index < -0.39 is 5.60 Å². The zero-order valence-corrected chi connectivity index (χ0v) is 13.2. The molecule has 4 nitrogen and oxygen atoms in total. The van der Waals surface area contributed by atoms with Crippen molar-refractivity contribution in [3.63, 3.8) is 0 Å². The first kappa shape index (κ1) is 16.8. The van der Waals surface area contributed by atoms with E-state index in [0.29, 0.717) is 12.1 Å². The van der Waals surface area contributed by atoms with E-state index in [1.165, 1.54) is 0 Å². The molecule has 1 rings (SSSR count). The van der Waals surface area contributed by atoms with Crippen LogP contribution in [0.3, 0.4) is 0 Å². The second-order valence-corrected chi connectivity index (χ2v) is 6.42. The molecule has 0 aromatic rings. The van der Waals surface area contributed by atoms with Gasteiger partial charge in [-0.25, -0.2) is 4.79 Å². The van der Waals surface area contributed by atoms with Crippen molar-refractivity contribution in [1.29, 1.82) is 0 Å². The van der Waals surface area contributed by atoms with Gasteiger partial charge in [-0.05, 0) is 40.0 Å². The highest BCUT2D eigenvalue weighted by Gasteiger charge is 2.27. The first-order valence-electron chi connectivity index (χ1n) is 7.53. The molecular weight excluding hydrogens is 252 g/mol. The second-order valence-electron chi connectivity index (χ2n) is 6.42. The van der Waals surface area contributed by atoms with E-state index in [9.17, 15) is 4.79 Å². The molecule has 1 saturated heterocycles. The number of piperidine rings is 1. The van der Waals surface area contributed by atoms with Crippen LogP contribution in [0.15, 0.2) is 0 Å². The van der Waals surface area contributed by atoms with Gasteiger partial charge in [0.1, 0.15) is 5.60 Å². The number of likely N-dealkylation sites (tertiary alicyclic amines) is 1. The minimum atomic E-state index is -0.424. The van der Waals surface area contributed by atoms with Gasteiger partial charge in [-0.3, -0.25) is 0 Å². The van der Waals surface area contributed by atoms with Crippen molar-refractivity contribution in [1.82, 2.24) is 10.2 Å². The summed E-state index contributed by atoms with van der Waals surface area (Å²) in [6, 6.07) is 0.838. The number of carbonyl (C=O) groups is 1. The van der Waals surface area contributed by atoms with E-state index in [0.717, 1.165) is 38.8 Å². The van der Waals surface area contributed by atoms with Crippen LogP contribution in [-0.2, 0) is 4.74 Å². The first-order chi connectivity index (χ1) is 9.35. The molecule has 1 aliphatic heterocycles. The number of ether oxygens (including phenoxy) is 1. The summed E-state index contributed by atoms with van der Waals surface area (Å²) in [7, 11) is 0. The van der Waals surface area contributed by atoms with Gasteiger partial charge < -0.3 is 15.0 Å². The molecule has 1 unspecified atom stereocenters. The molecule has 0 aromatic carbocycles. The zero-order chi connectivity index (χ0) is 15.2. The predicted octanol–water partition coefficient (Wildman–Crippen LogP) is 2.78. The molecule has 0 aliphatic carbocycles. The van der Waals surface area contributed by atoms with Crippen LogP contribution in [0.1, 0.15) is 53.4 Å². The topological polar surface area (TPSA) is 41.6 Å². The molecule has 0 radical (unpaired) electrons. The van der Waals surface area contributed by atoms with Gasteiger partial charge in [0.25, 0.3) is 0 Å². The summed E-state index contributed by atoms with van der Waals surface area (Å²) in [5, 5.41) is 3.59. The normalized spacial score (nSPS) is 18.4. The lowest BCUT2D eigenvalue weighted by Crippen LogP contribution is -2.48. The number of carbonyl (C=O) groups excluding carboxylic acids is 1. The summed E-state index contributed by atoms with van der Waals surface area (Å²) < 4.78 is 5.39.